The molecule has 0 aliphatic carbocycles. The molecule has 0 atom stereocenters. The largest absolute Gasteiger partial charge is 0.378 e. The normalized spacial score (nSPS) is 13.9. The number of halogens is 1. The van der Waals surface area contributed by atoms with Gasteiger partial charge in [0.25, 0.3) is 10.0 Å². The Labute approximate surface area is 211 Å². The Bertz CT molecular complexity index is 1240. The first kappa shape index (κ1) is 25.0. The third kappa shape index (κ3) is 6.33. The van der Waals surface area contributed by atoms with Crippen molar-refractivity contribution >= 4 is 38.9 Å². The van der Waals surface area contributed by atoms with E-state index in [-0.39, 0.29) is 11.4 Å². The van der Waals surface area contributed by atoms with Gasteiger partial charge in [0.2, 0.25) is 5.91 Å². The average Bonchev–Trinajstić information content (AvgIpc) is 2.88. The lowest BCUT2D eigenvalue weighted by molar-refractivity contribution is -0.119. The molecule has 1 saturated heterocycles. The minimum Gasteiger partial charge on any atom is -0.378 e. The van der Waals surface area contributed by atoms with E-state index in [1.54, 1.807) is 12.1 Å². The molecule has 0 bridgehead atoms. The number of hydrogen-bond donors (Lipinski definition) is 1. The van der Waals surface area contributed by atoms with Crippen LogP contribution in [0.3, 0.4) is 0 Å². The summed E-state index contributed by atoms with van der Waals surface area (Å²) in [4.78, 5) is 15.2. The molecule has 9 heteroatoms. The second-order valence-electron chi connectivity index (χ2n) is 8.34. The zero-order valence-corrected chi connectivity index (χ0v) is 21.1. The van der Waals surface area contributed by atoms with Crippen molar-refractivity contribution in [3.8, 4) is 0 Å². The average molecular weight is 514 g/mol. The predicted molar refractivity (Wildman–Crippen MR) is 138 cm³/mol. The maximum Gasteiger partial charge on any atom is 0.264 e. The van der Waals surface area contributed by atoms with Gasteiger partial charge in [-0.15, -0.1) is 0 Å². The van der Waals surface area contributed by atoms with E-state index >= 15 is 0 Å². The topological polar surface area (TPSA) is 79.0 Å². The highest BCUT2D eigenvalue weighted by Crippen LogP contribution is 2.25. The number of morpholine rings is 1. The molecule has 0 unspecified atom stereocenters. The number of aryl methyl sites for hydroxylation is 1. The molecule has 1 aliphatic rings. The van der Waals surface area contributed by atoms with Gasteiger partial charge in [-0.25, -0.2) is 8.42 Å². The molecular formula is C26H28ClN3O4S. The summed E-state index contributed by atoms with van der Waals surface area (Å²) < 4.78 is 33.3. The summed E-state index contributed by atoms with van der Waals surface area (Å²) in [6.07, 6.45) is 0. The van der Waals surface area contributed by atoms with E-state index in [2.05, 4.69) is 10.2 Å². The number of hydrogen-bond acceptors (Lipinski definition) is 5. The number of rotatable bonds is 8. The van der Waals surface area contributed by atoms with E-state index in [0.29, 0.717) is 30.5 Å². The molecule has 35 heavy (non-hydrogen) atoms. The Morgan fingerprint density at radius 1 is 0.971 bits per heavy atom. The molecule has 0 radical (unpaired) electrons. The minimum absolute atomic E-state index is 0.0639. The number of nitrogens with zero attached hydrogens (tertiary/aromatic N) is 2. The molecule has 184 valence electrons. The van der Waals surface area contributed by atoms with E-state index in [0.717, 1.165) is 34.2 Å². The maximum atomic E-state index is 13.4. The number of benzene rings is 3. The van der Waals surface area contributed by atoms with Gasteiger partial charge >= 0.3 is 0 Å². The van der Waals surface area contributed by atoms with Crippen LogP contribution in [0.2, 0.25) is 5.02 Å². The van der Waals surface area contributed by atoms with Gasteiger partial charge in [-0.1, -0.05) is 41.4 Å². The van der Waals surface area contributed by atoms with Crippen molar-refractivity contribution in [2.24, 2.45) is 0 Å². The van der Waals surface area contributed by atoms with Crippen molar-refractivity contribution in [2.75, 3.05) is 42.1 Å². The van der Waals surface area contributed by atoms with Crippen LogP contribution >= 0.6 is 11.6 Å². The molecule has 7 nitrogen and oxygen atoms in total. The standard InChI is InChI=1S/C26H28ClN3O4S/c1-20-2-8-24(9-3-20)30(35(32,33)25-12-6-22(27)7-13-25)19-26(31)28-18-21-4-10-23(11-5-21)29-14-16-34-17-15-29/h2-13H,14-19H2,1H3,(H,28,31). The number of amides is 1. The molecule has 4 rings (SSSR count). The Balaban J connectivity index is 1.46. The van der Waals surface area contributed by atoms with E-state index in [1.165, 1.54) is 24.3 Å². The second kappa shape index (κ2) is 11.1. The first-order chi connectivity index (χ1) is 16.8. The van der Waals surface area contributed by atoms with Crippen LogP contribution in [0, 0.1) is 6.92 Å². The van der Waals surface area contributed by atoms with Crippen LogP contribution in [0.4, 0.5) is 11.4 Å². The summed E-state index contributed by atoms with van der Waals surface area (Å²) in [5.74, 6) is -0.402. The molecule has 0 spiro atoms. The van der Waals surface area contributed by atoms with Gasteiger partial charge in [-0.05, 0) is 61.0 Å². The van der Waals surface area contributed by atoms with Gasteiger partial charge in [0.05, 0.1) is 23.8 Å². The van der Waals surface area contributed by atoms with Gasteiger partial charge < -0.3 is 15.0 Å². The van der Waals surface area contributed by atoms with Gasteiger partial charge in [0, 0.05) is 30.3 Å². The summed E-state index contributed by atoms with van der Waals surface area (Å²) in [6, 6.07) is 20.9. The van der Waals surface area contributed by atoms with E-state index in [4.69, 9.17) is 16.3 Å². The summed E-state index contributed by atoms with van der Waals surface area (Å²) in [5.41, 5.74) is 3.44. The Morgan fingerprint density at radius 3 is 2.23 bits per heavy atom. The zero-order chi connectivity index (χ0) is 24.8. The molecule has 1 aliphatic heterocycles. The molecule has 0 aromatic heterocycles. The Kier molecular flexibility index (Phi) is 7.95. The summed E-state index contributed by atoms with van der Waals surface area (Å²) >= 11 is 5.93. The highest BCUT2D eigenvalue weighted by atomic mass is 35.5. The molecule has 1 amide bonds. The van der Waals surface area contributed by atoms with Crippen molar-refractivity contribution in [1.29, 1.82) is 0 Å². The highest BCUT2D eigenvalue weighted by Gasteiger charge is 2.27. The first-order valence-corrected chi connectivity index (χ1v) is 13.2. The predicted octanol–water partition coefficient (Wildman–Crippen LogP) is 4.00. The van der Waals surface area contributed by atoms with Crippen LogP contribution in [0.25, 0.3) is 0 Å². The number of anilines is 2. The number of ether oxygens (including phenoxy) is 1. The van der Waals surface area contributed by atoms with Gasteiger partial charge in [-0.2, -0.15) is 0 Å². The van der Waals surface area contributed by atoms with Crippen LogP contribution in [0.15, 0.2) is 77.7 Å². The molecule has 3 aromatic rings. The van der Waals surface area contributed by atoms with Crippen molar-refractivity contribution in [1.82, 2.24) is 5.32 Å². The number of carbonyl (C=O) groups is 1. The summed E-state index contributed by atoms with van der Waals surface area (Å²) in [5, 5.41) is 3.28. The molecular weight excluding hydrogens is 486 g/mol. The molecule has 1 fully saturated rings. The Morgan fingerprint density at radius 2 is 1.60 bits per heavy atom. The SMILES string of the molecule is Cc1ccc(N(CC(=O)NCc2ccc(N3CCOCC3)cc2)S(=O)(=O)c2ccc(Cl)cc2)cc1. The Hall–Kier alpha value is -3.07. The van der Waals surface area contributed by atoms with Crippen molar-refractivity contribution in [3.63, 3.8) is 0 Å². The monoisotopic (exact) mass is 513 g/mol. The van der Waals surface area contributed by atoms with E-state index in [9.17, 15) is 13.2 Å². The van der Waals surface area contributed by atoms with Crippen molar-refractivity contribution in [3.05, 3.63) is 88.9 Å². The fourth-order valence-electron chi connectivity index (χ4n) is 3.79. The summed E-state index contributed by atoms with van der Waals surface area (Å²) in [7, 11) is -3.98. The third-order valence-electron chi connectivity index (χ3n) is 5.81. The van der Waals surface area contributed by atoms with Crippen molar-refractivity contribution < 1.29 is 17.9 Å². The number of nitrogens with one attached hydrogen (secondary N) is 1. The van der Waals surface area contributed by atoms with Gasteiger partial charge in [-0.3, -0.25) is 9.10 Å². The minimum atomic E-state index is -3.98. The highest BCUT2D eigenvalue weighted by molar-refractivity contribution is 7.92. The third-order valence-corrected chi connectivity index (χ3v) is 7.85. The smallest absolute Gasteiger partial charge is 0.264 e. The number of carbonyl (C=O) groups excluding carboxylic acids is 1. The van der Waals surface area contributed by atoms with Crippen LogP contribution in [0.5, 0.6) is 0 Å². The van der Waals surface area contributed by atoms with Crippen molar-refractivity contribution in [2.45, 2.75) is 18.4 Å². The zero-order valence-electron chi connectivity index (χ0n) is 19.5. The van der Waals surface area contributed by atoms with Crippen LogP contribution in [-0.4, -0.2) is 47.2 Å². The lowest BCUT2D eigenvalue weighted by Crippen LogP contribution is -2.40. The molecule has 1 N–H and O–H groups in total. The quantitative estimate of drug-likeness (QED) is 0.492. The summed E-state index contributed by atoms with van der Waals surface area (Å²) in [6.45, 7) is 5.01. The van der Waals surface area contributed by atoms with Crippen LogP contribution in [-0.2, 0) is 26.1 Å². The molecule has 0 saturated carbocycles. The van der Waals surface area contributed by atoms with Crippen LogP contribution < -0.4 is 14.5 Å². The lowest BCUT2D eigenvalue weighted by atomic mass is 10.2. The van der Waals surface area contributed by atoms with Gasteiger partial charge in [0.15, 0.2) is 0 Å². The second-order valence-corrected chi connectivity index (χ2v) is 10.6. The fourth-order valence-corrected chi connectivity index (χ4v) is 5.34. The fraction of sp³-hybridized carbons (Fsp3) is 0.269. The van der Waals surface area contributed by atoms with Gasteiger partial charge in [0.1, 0.15) is 6.54 Å². The van der Waals surface area contributed by atoms with Crippen LogP contribution in [0.1, 0.15) is 11.1 Å². The lowest BCUT2D eigenvalue weighted by Gasteiger charge is -2.29. The van der Waals surface area contributed by atoms with E-state index in [1.807, 2.05) is 43.3 Å². The van der Waals surface area contributed by atoms with E-state index < -0.39 is 15.9 Å². The number of sulfonamides is 1. The first-order valence-electron chi connectivity index (χ1n) is 11.4. The molecule has 3 aromatic carbocycles. The molecule has 1 heterocycles. The maximum absolute atomic E-state index is 13.4.